The van der Waals surface area contributed by atoms with E-state index in [2.05, 4.69) is 113 Å². The van der Waals surface area contributed by atoms with E-state index in [9.17, 15) is 10.2 Å². The van der Waals surface area contributed by atoms with Crippen molar-refractivity contribution >= 4 is 0 Å². The molecule has 0 radical (unpaired) electrons. The Hall–Kier alpha value is -2.76. The van der Waals surface area contributed by atoms with Gasteiger partial charge in [-0.2, -0.15) is 0 Å². The monoisotopic (exact) mass is 498 g/mol. The summed E-state index contributed by atoms with van der Waals surface area (Å²) in [5, 5.41) is 18.7. The van der Waals surface area contributed by atoms with Crippen molar-refractivity contribution in [2.45, 2.75) is 44.3 Å². The first-order valence-electron chi connectivity index (χ1n) is 13.3. The molecule has 0 spiro atoms. The van der Waals surface area contributed by atoms with Crippen LogP contribution < -0.4 is 0 Å². The van der Waals surface area contributed by atoms with Gasteiger partial charge < -0.3 is 19.7 Å². The number of fused-ring (bicyclic) bond motifs is 3. The van der Waals surface area contributed by atoms with Crippen molar-refractivity contribution in [2.24, 2.45) is 11.8 Å². The lowest BCUT2D eigenvalue weighted by molar-refractivity contribution is -0.0359. The molecule has 2 aromatic rings. The summed E-state index contributed by atoms with van der Waals surface area (Å²) in [6.07, 6.45) is 13.5. The SMILES string of the molecule is CC1C=C(C2(C3=CC(C)C(C)(OCCO)C=C3)c3ccccc3-c3ccccc32)C=CC1(C)OCCO. The highest BCUT2D eigenvalue weighted by molar-refractivity contribution is 5.87. The van der Waals surface area contributed by atoms with Gasteiger partial charge in [0, 0.05) is 11.8 Å². The average Bonchev–Trinajstić information content (AvgIpc) is 3.21. The maximum atomic E-state index is 9.37. The number of aliphatic hydroxyl groups excluding tert-OH is 2. The van der Waals surface area contributed by atoms with Gasteiger partial charge in [0.05, 0.1) is 43.0 Å². The number of hydrogen-bond acceptors (Lipinski definition) is 4. The van der Waals surface area contributed by atoms with Crippen LogP contribution >= 0.6 is 0 Å². The van der Waals surface area contributed by atoms with Gasteiger partial charge in [-0.25, -0.2) is 0 Å². The molecule has 0 fully saturated rings. The first-order valence-corrected chi connectivity index (χ1v) is 13.3. The predicted molar refractivity (Wildman–Crippen MR) is 148 cm³/mol. The lowest BCUT2D eigenvalue weighted by Crippen LogP contribution is -2.41. The van der Waals surface area contributed by atoms with Crippen LogP contribution in [0.4, 0.5) is 0 Å². The Bertz CT molecular complexity index is 1190. The minimum Gasteiger partial charge on any atom is -0.394 e. The minimum atomic E-state index is -0.480. The van der Waals surface area contributed by atoms with Crippen LogP contribution in [0.15, 0.2) is 96.1 Å². The molecule has 194 valence electrons. The molecule has 0 saturated heterocycles. The van der Waals surface area contributed by atoms with E-state index in [1.165, 1.54) is 33.4 Å². The van der Waals surface area contributed by atoms with E-state index in [4.69, 9.17) is 9.47 Å². The second kappa shape index (κ2) is 9.85. The highest BCUT2D eigenvalue weighted by atomic mass is 16.5. The molecule has 2 N–H and O–H groups in total. The quantitative estimate of drug-likeness (QED) is 0.486. The molecule has 3 aliphatic carbocycles. The molecule has 0 heterocycles. The van der Waals surface area contributed by atoms with Crippen molar-refractivity contribution in [3.8, 4) is 11.1 Å². The third kappa shape index (κ3) is 4.07. The van der Waals surface area contributed by atoms with Crippen molar-refractivity contribution in [1.82, 2.24) is 0 Å². The van der Waals surface area contributed by atoms with E-state index < -0.39 is 16.6 Å². The first-order chi connectivity index (χ1) is 17.8. The molecule has 4 atom stereocenters. The Balaban J connectivity index is 1.71. The van der Waals surface area contributed by atoms with Crippen LogP contribution in [-0.4, -0.2) is 47.8 Å². The summed E-state index contributed by atoms with van der Waals surface area (Å²) in [5.41, 5.74) is 6.10. The van der Waals surface area contributed by atoms with E-state index in [0.717, 1.165) is 0 Å². The van der Waals surface area contributed by atoms with Crippen LogP contribution in [0.2, 0.25) is 0 Å². The Morgan fingerprint density at radius 2 is 1.08 bits per heavy atom. The zero-order valence-corrected chi connectivity index (χ0v) is 22.3. The van der Waals surface area contributed by atoms with Crippen molar-refractivity contribution in [3.05, 3.63) is 107 Å². The molecule has 4 heteroatoms. The van der Waals surface area contributed by atoms with Crippen molar-refractivity contribution < 1.29 is 19.7 Å². The molecule has 3 aliphatic rings. The average molecular weight is 499 g/mol. The predicted octanol–water partition coefficient (Wildman–Crippen LogP) is 5.75. The zero-order valence-electron chi connectivity index (χ0n) is 22.3. The highest BCUT2D eigenvalue weighted by Crippen LogP contribution is 2.59. The molecule has 0 saturated carbocycles. The molecule has 5 rings (SSSR count). The summed E-state index contributed by atoms with van der Waals surface area (Å²) in [6.45, 7) is 9.18. The number of aliphatic hydroxyl groups is 2. The fourth-order valence-corrected chi connectivity index (χ4v) is 6.21. The van der Waals surface area contributed by atoms with Gasteiger partial charge in [-0.15, -0.1) is 0 Å². The first kappa shape index (κ1) is 25.9. The summed E-state index contributed by atoms with van der Waals surface area (Å²) < 4.78 is 12.2. The van der Waals surface area contributed by atoms with Crippen LogP contribution in [0.1, 0.15) is 38.8 Å². The number of hydrogen-bond donors (Lipinski definition) is 2. The number of benzene rings is 2. The van der Waals surface area contributed by atoms with Gasteiger partial charge in [-0.1, -0.05) is 98.8 Å². The number of ether oxygens (including phenoxy) is 2. The van der Waals surface area contributed by atoms with E-state index in [-0.39, 0.29) is 25.0 Å². The largest absolute Gasteiger partial charge is 0.394 e. The maximum absolute atomic E-state index is 9.37. The minimum absolute atomic E-state index is 0.00407. The third-order valence-electron chi connectivity index (χ3n) is 8.68. The third-order valence-corrected chi connectivity index (χ3v) is 8.68. The van der Waals surface area contributed by atoms with Crippen LogP contribution in [0.5, 0.6) is 0 Å². The maximum Gasteiger partial charge on any atom is 0.0898 e. The Morgan fingerprint density at radius 3 is 1.46 bits per heavy atom. The van der Waals surface area contributed by atoms with Crippen molar-refractivity contribution in [2.75, 3.05) is 26.4 Å². The topological polar surface area (TPSA) is 58.9 Å². The molecule has 0 amide bonds. The van der Waals surface area contributed by atoms with Crippen LogP contribution in [0, 0.1) is 11.8 Å². The van der Waals surface area contributed by atoms with E-state index in [1.807, 2.05) is 0 Å². The highest BCUT2D eigenvalue weighted by Gasteiger charge is 2.50. The van der Waals surface area contributed by atoms with E-state index >= 15 is 0 Å². The fraction of sp³-hybridized carbons (Fsp3) is 0.394. The molecule has 2 aromatic carbocycles. The Morgan fingerprint density at radius 1 is 0.676 bits per heavy atom. The molecular formula is C33H38O4. The molecule has 0 bridgehead atoms. The van der Waals surface area contributed by atoms with E-state index in [0.29, 0.717) is 13.2 Å². The summed E-state index contributed by atoms with van der Waals surface area (Å²) >= 11 is 0. The van der Waals surface area contributed by atoms with Crippen LogP contribution in [0.25, 0.3) is 11.1 Å². The van der Waals surface area contributed by atoms with Gasteiger partial charge in [-0.3, -0.25) is 0 Å². The van der Waals surface area contributed by atoms with Crippen molar-refractivity contribution in [3.63, 3.8) is 0 Å². The van der Waals surface area contributed by atoms with Gasteiger partial charge >= 0.3 is 0 Å². The molecule has 0 aliphatic heterocycles. The Kier molecular flexibility index (Phi) is 6.88. The normalized spacial score (nSPS) is 29.5. The van der Waals surface area contributed by atoms with Gasteiger partial charge in [0.2, 0.25) is 0 Å². The molecule has 4 unspecified atom stereocenters. The van der Waals surface area contributed by atoms with Gasteiger partial charge in [0.25, 0.3) is 0 Å². The molecule has 0 aromatic heterocycles. The lowest BCUT2D eigenvalue weighted by Gasteiger charge is -2.43. The standard InChI is InChI=1S/C33H38O4/c1-23-21-25(13-15-31(23,3)36-19-17-34)33(26-14-16-32(4,24(2)22-26)37-20-18-35)29-11-7-5-9-27(29)28-10-6-8-12-30(28)33/h5-16,21-24,34-35H,17-20H2,1-4H3. The molecular weight excluding hydrogens is 460 g/mol. The smallest absolute Gasteiger partial charge is 0.0898 e. The van der Waals surface area contributed by atoms with Gasteiger partial charge in [0.15, 0.2) is 0 Å². The summed E-state index contributed by atoms with van der Waals surface area (Å²) in [6, 6.07) is 17.5. The van der Waals surface area contributed by atoms with Gasteiger partial charge in [0.1, 0.15) is 0 Å². The van der Waals surface area contributed by atoms with Crippen LogP contribution in [-0.2, 0) is 14.9 Å². The Labute approximate surface area is 220 Å². The second-order valence-electron chi connectivity index (χ2n) is 10.8. The number of allylic oxidation sites excluding steroid dienone is 4. The van der Waals surface area contributed by atoms with Gasteiger partial charge in [-0.05, 0) is 47.2 Å². The van der Waals surface area contributed by atoms with E-state index in [1.54, 1.807) is 0 Å². The zero-order chi connectivity index (χ0) is 26.3. The molecule has 4 nitrogen and oxygen atoms in total. The fourth-order valence-electron chi connectivity index (χ4n) is 6.21. The second-order valence-corrected chi connectivity index (χ2v) is 10.8. The lowest BCUT2D eigenvalue weighted by atomic mass is 9.62. The summed E-state index contributed by atoms with van der Waals surface area (Å²) in [7, 11) is 0. The molecule has 37 heavy (non-hydrogen) atoms. The van der Waals surface area contributed by atoms with Crippen LogP contribution in [0.3, 0.4) is 0 Å². The summed E-state index contributed by atoms with van der Waals surface area (Å²) in [5.74, 6) is 0.221. The summed E-state index contributed by atoms with van der Waals surface area (Å²) in [4.78, 5) is 0. The van der Waals surface area contributed by atoms with Crippen molar-refractivity contribution in [1.29, 1.82) is 0 Å². The number of rotatable bonds is 8.